The number of carbonyl (C=O) groups is 1. The Morgan fingerprint density at radius 3 is 2.62 bits per heavy atom. The van der Waals surface area contributed by atoms with Gasteiger partial charge >= 0.3 is 5.97 Å². The summed E-state index contributed by atoms with van der Waals surface area (Å²) in [6.45, 7) is 1.81. The summed E-state index contributed by atoms with van der Waals surface area (Å²) >= 11 is 0. The first-order valence-corrected chi connectivity index (χ1v) is 7.59. The van der Waals surface area contributed by atoms with E-state index in [0.29, 0.717) is 0 Å². The summed E-state index contributed by atoms with van der Waals surface area (Å²) in [6.07, 6.45) is 5.29. The number of pyridine rings is 1. The third kappa shape index (κ3) is 4.13. The molecule has 1 aromatic carbocycles. The fraction of sp³-hybridized carbons (Fsp3) is 0.222. The molecule has 1 saturated heterocycles. The molecule has 0 aliphatic carbocycles. The van der Waals surface area contributed by atoms with Crippen molar-refractivity contribution in [1.29, 1.82) is 0 Å². The molecule has 1 aliphatic rings. The molecule has 3 N–H and O–H groups in total. The smallest absolute Gasteiger partial charge is 0.328 e. The number of anilines is 1. The Labute approximate surface area is 147 Å². The highest BCUT2D eigenvalue weighted by molar-refractivity contribution is 5.85. The zero-order valence-corrected chi connectivity index (χ0v) is 13.9. The molecule has 0 radical (unpaired) electrons. The van der Waals surface area contributed by atoms with Crippen LogP contribution in [0.5, 0.6) is 0 Å². The molecule has 5 nitrogen and oxygen atoms in total. The number of hydrogen-bond donors (Lipinski definition) is 3. The first kappa shape index (κ1) is 18.0. The molecule has 1 aliphatic heterocycles. The minimum Gasteiger partial charge on any atom is -0.478 e. The fourth-order valence-electron chi connectivity index (χ4n) is 2.86. The van der Waals surface area contributed by atoms with Crippen LogP contribution in [-0.4, -0.2) is 29.1 Å². The van der Waals surface area contributed by atoms with Crippen molar-refractivity contribution in [3.8, 4) is 0 Å². The first-order chi connectivity index (χ1) is 11.2. The van der Waals surface area contributed by atoms with Crippen LogP contribution in [0.15, 0.2) is 54.7 Å². The van der Waals surface area contributed by atoms with Crippen molar-refractivity contribution in [1.82, 2.24) is 10.3 Å². The second kappa shape index (κ2) is 7.95. The van der Waals surface area contributed by atoms with Crippen molar-refractivity contribution in [2.24, 2.45) is 0 Å². The molecular weight excluding hydrogens is 326 g/mol. The van der Waals surface area contributed by atoms with Gasteiger partial charge in [0, 0.05) is 18.8 Å². The maximum atomic E-state index is 10.5. The van der Waals surface area contributed by atoms with Gasteiger partial charge in [-0.05, 0) is 42.3 Å². The Balaban J connectivity index is 0.00000208. The van der Waals surface area contributed by atoms with Crippen LogP contribution in [0, 0.1) is 0 Å². The molecule has 1 aromatic heterocycles. The summed E-state index contributed by atoms with van der Waals surface area (Å²) in [4.78, 5) is 14.9. The highest BCUT2D eigenvalue weighted by Crippen LogP contribution is 2.31. The highest BCUT2D eigenvalue weighted by atomic mass is 35.5. The topological polar surface area (TPSA) is 74.2 Å². The molecule has 6 heteroatoms. The van der Waals surface area contributed by atoms with E-state index in [2.05, 4.69) is 27.8 Å². The lowest BCUT2D eigenvalue weighted by Gasteiger charge is -2.31. The highest BCUT2D eigenvalue weighted by Gasteiger charge is 2.35. The first-order valence-electron chi connectivity index (χ1n) is 7.59. The number of halogens is 1. The molecule has 24 heavy (non-hydrogen) atoms. The van der Waals surface area contributed by atoms with Gasteiger partial charge in [0.05, 0.1) is 5.54 Å². The predicted octanol–water partition coefficient (Wildman–Crippen LogP) is 2.90. The van der Waals surface area contributed by atoms with Crippen LogP contribution < -0.4 is 10.6 Å². The SMILES string of the molecule is Cl.O=C(O)/C=C/c1ccc(N[C@@]2(c3ccccc3)CCNC2)nc1. The predicted molar refractivity (Wildman–Crippen MR) is 97.4 cm³/mol. The maximum absolute atomic E-state index is 10.5. The summed E-state index contributed by atoms with van der Waals surface area (Å²) in [7, 11) is 0. The number of hydrogen-bond acceptors (Lipinski definition) is 4. The Morgan fingerprint density at radius 2 is 2.04 bits per heavy atom. The molecule has 126 valence electrons. The van der Waals surface area contributed by atoms with Crippen LogP contribution in [0.25, 0.3) is 6.08 Å². The van der Waals surface area contributed by atoms with Gasteiger partial charge < -0.3 is 15.7 Å². The van der Waals surface area contributed by atoms with Crippen LogP contribution in [-0.2, 0) is 10.3 Å². The number of benzene rings is 1. The summed E-state index contributed by atoms with van der Waals surface area (Å²) in [5.74, 6) is -0.183. The molecule has 1 fully saturated rings. The molecule has 0 spiro atoms. The minimum atomic E-state index is -0.965. The summed E-state index contributed by atoms with van der Waals surface area (Å²) in [5.41, 5.74) is 1.84. The maximum Gasteiger partial charge on any atom is 0.328 e. The van der Waals surface area contributed by atoms with Gasteiger partial charge in [-0.1, -0.05) is 30.3 Å². The lowest BCUT2D eigenvalue weighted by molar-refractivity contribution is -0.131. The second-order valence-corrected chi connectivity index (χ2v) is 5.65. The quantitative estimate of drug-likeness (QED) is 0.727. The van der Waals surface area contributed by atoms with Crippen molar-refractivity contribution in [2.45, 2.75) is 12.0 Å². The number of rotatable bonds is 5. The minimum absolute atomic E-state index is 0. The van der Waals surface area contributed by atoms with Crippen molar-refractivity contribution in [2.75, 3.05) is 18.4 Å². The van der Waals surface area contributed by atoms with Gasteiger partial charge in [0.2, 0.25) is 0 Å². The van der Waals surface area contributed by atoms with Crippen LogP contribution in [0.3, 0.4) is 0 Å². The monoisotopic (exact) mass is 345 g/mol. The van der Waals surface area contributed by atoms with Gasteiger partial charge in [-0.25, -0.2) is 9.78 Å². The summed E-state index contributed by atoms with van der Waals surface area (Å²) in [6, 6.07) is 14.1. The number of nitrogens with zero attached hydrogens (tertiary/aromatic N) is 1. The summed E-state index contributed by atoms with van der Waals surface area (Å²) < 4.78 is 0. The zero-order valence-electron chi connectivity index (χ0n) is 13.1. The number of nitrogens with one attached hydrogen (secondary N) is 2. The van der Waals surface area contributed by atoms with E-state index in [9.17, 15) is 4.79 Å². The van der Waals surface area contributed by atoms with E-state index in [1.54, 1.807) is 6.20 Å². The standard InChI is InChI=1S/C18H19N3O2.ClH/c22-17(23)9-7-14-6-8-16(20-12-14)21-18(10-11-19-13-18)15-4-2-1-3-5-15;/h1-9,12,19H,10-11,13H2,(H,20,21)(H,22,23);1H/b9-7+;/t18-;/m0./s1. The number of aromatic nitrogens is 1. The molecule has 1 atom stereocenters. The van der Waals surface area contributed by atoms with Crippen LogP contribution >= 0.6 is 12.4 Å². The van der Waals surface area contributed by atoms with E-state index in [4.69, 9.17) is 5.11 Å². The van der Waals surface area contributed by atoms with E-state index >= 15 is 0 Å². The number of carboxylic acid groups (broad SMARTS) is 1. The lowest BCUT2D eigenvalue weighted by atomic mass is 9.89. The van der Waals surface area contributed by atoms with E-state index in [1.807, 2.05) is 30.3 Å². The molecule has 0 amide bonds. The molecule has 0 saturated carbocycles. The van der Waals surface area contributed by atoms with Gasteiger partial charge in [0.25, 0.3) is 0 Å². The lowest BCUT2D eigenvalue weighted by Crippen LogP contribution is -2.37. The van der Waals surface area contributed by atoms with E-state index < -0.39 is 5.97 Å². The molecule has 2 aromatic rings. The van der Waals surface area contributed by atoms with Crippen LogP contribution in [0.2, 0.25) is 0 Å². The van der Waals surface area contributed by atoms with Crippen LogP contribution in [0.1, 0.15) is 17.5 Å². The molecule has 0 bridgehead atoms. The van der Waals surface area contributed by atoms with Crippen molar-refractivity contribution >= 4 is 30.3 Å². The number of aliphatic carboxylic acids is 1. The van der Waals surface area contributed by atoms with Gasteiger partial charge in [-0.15, -0.1) is 12.4 Å². The zero-order chi connectivity index (χ0) is 16.1. The van der Waals surface area contributed by atoms with Gasteiger partial charge in [0.15, 0.2) is 0 Å². The Morgan fingerprint density at radius 1 is 1.25 bits per heavy atom. The number of carboxylic acids is 1. The fourth-order valence-corrected chi connectivity index (χ4v) is 2.86. The molecular formula is C18H20ClN3O2. The van der Waals surface area contributed by atoms with Gasteiger partial charge in [-0.3, -0.25) is 0 Å². The van der Waals surface area contributed by atoms with E-state index in [-0.39, 0.29) is 17.9 Å². The normalized spacial score (nSPS) is 19.8. The van der Waals surface area contributed by atoms with Crippen LogP contribution in [0.4, 0.5) is 5.82 Å². The average Bonchev–Trinajstić information content (AvgIpc) is 3.05. The molecule has 0 unspecified atom stereocenters. The van der Waals surface area contributed by atoms with Crippen molar-refractivity contribution in [3.05, 3.63) is 65.9 Å². The van der Waals surface area contributed by atoms with Crippen molar-refractivity contribution in [3.63, 3.8) is 0 Å². The molecule has 3 rings (SSSR count). The average molecular weight is 346 g/mol. The second-order valence-electron chi connectivity index (χ2n) is 5.65. The van der Waals surface area contributed by atoms with Gasteiger partial charge in [0.1, 0.15) is 5.82 Å². The Kier molecular flexibility index (Phi) is 5.95. The largest absolute Gasteiger partial charge is 0.478 e. The molecule has 2 heterocycles. The Bertz CT molecular complexity index is 696. The van der Waals surface area contributed by atoms with E-state index in [0.717, 1.165) is 37.0 Å². The summed E-state index contributed by atoms with van der Waals surface area (Å²) in [5, 5.41) is 15.6. The van der Waals surface area contributed by atoms with E-state index in [1.165, 1.54) is 11.6 Å². The van der Waals surface area contributed by atoms with Gasteiger partial charge in [-0.2, -0.15) is 0 Å². The third-order valence-corrected chi connectivity index (χ3v) is 4.05. The van der Waals surface area contributed by atoms with Crippen molar-refractivity contribution < 1.29 is 9.90 Å². The third-order valence-electron chi connectivity index (χ3n) is 4.05. The Hall–Kier alpha value is -2.37.